The molecule has 2 nitrogen and oxygen atoms in total. The summed E-state index contributed by atoms with van der Waals surface area (Å²) in [5.74, 6) is -13.8. The summed E-state index contributed by atoms with van der Waals surface area (Å²) in [7, 11) is 2.59. The summed E-state index contributed by atoms with van der Waals surface area (Å²) in [4.78, 5) is 0. The van der Waals surface area contributed by atoms with Gasteiger partial charge in [0.2, 0.25) is 13.9 Å². The lowest BCUT2D eigenvalue weighted by Gasteiger charge is -2.38. The highest BCUT2D eigenvalue weighted by molar-refractivity contribution is 7.10. The molecule has 10 unspecified atom stereocenters. The minimum atomic E-state index is -5.30. The summed E-state index contributed by atoms with van der Waals surface area (Å²) in [6.07, 6.45) is -10.7. The van der Waals surface area contributed by atoms with Crippen molar-refractivity contribution in [2.75, 3.05) is 13.9 Å². The van der Waals surface area contributed by atoms with E-state index in [0.29, 0.717) is 0 Å². The monoisotopic (exact) mass is 566 g/mol. The lowest BCUT2D eigenvalue weighted by Crippen LogP contribution is -2.51. The normalized spacial score (nSPS) is 33.2. The summed E-state index contributed by atoms with van der Waals surface area (Å²) >= 11 is 0. The Kier molecular flexibility index (Phi) is 13.5. The number of hydrogen-bond acceptors (Lipinski definition) is 2. The van der Waals surface area contributed by atoms with Crippen LogP contribution in [0.4, 0.5) is 52.7 Å². The van der Waals surface area contributed by atoms with Crippen LogP contribution in [0.25, 0.3) is 0 Å². The largest absolute Gasteiger partial charge is 0.448 e. The van der Waals surface area contributed by atoms with E-state index in [1.165, 1.54) is 25.9 Å². The Morgan fingerprint density at radius 3 is 1.38 bits per heavy atom. The van der Waals surface area contributed by atoms with Crippen LogP contribution in [0.15, 0.2) is 0 Å². The van der Waals surface area contributed by atoms with Crippen LogP contribution in [0.3, 0.4) is 0 Å². The van der Waals surface area contributed by atoms with Crippen LogP contribution in [0.2, 0.25) is 0 Å². The maximum atomic E-state index is 14.8. The van der Waals surface area contributed by atoms with E-state index >= 15 is 0 Å². The van der Waals surface area contributed by atoms with Crippen molar-refractivity contribution in [3.63, 3.8) is 0 Å². The molecule has 2 saturated carbocycles. The molecule has 0 aromatic heterocycles. The fraction of sp³-hybridized carbons (Fsp3) is 1.00. The van der Waals surface area contributed by atoms with Crippen molar-refractivity contribution >= 4 is 18.9 Å². The first kappa shape index (κ1) is 33.9. The first-order valence-electron chi connectivity index (χ1n) is 9.98. The van der Waals surface area contributed by atoms with Crippen molar-refractivity contribution in [2.45, 2.75) is 63.6 Å². The average molecular weight is 566 g/mol. The fourth-order valence-corrected chi connectivity index (χ4v) is 5.92. The van der Waals surface area contributed by atoms with Gasteiger partial charge in [-0.05, 0) is 49.4 Å². The lowest BCUT2D eigenvalue weighted by molar-refractivity contribution is -0.327. The Labute approximate surface area is 194 Å². The topological polar surface area (TPSA) is 18.5 Å². The van der Waals surface area contributed by atoms with Gasteiger partial charge in [0.15, 0.2) is 0 Å². The molecule has 0 aromatic carbocycles. The van der Waals surface area contributed by atoms with Gasteiger partial charge in [0.05, 0.1) is 0 Å². The quantitative estimate of drug-likeness (QED) is 0.247. The van der Waals surface area contributed by atoms with E-state index in [2.05, 4.69) is 9.05 Å². The van der Waals surface area contributed by atoms with E-state index in [4.69, 9.17) is 0 Å². The van der Waals surface area contributed by atoms with Gasteiger partial charge < -0.3 is 9.05 Å². The molecule has 0 saturated heterocycles. The Hall–Kier alpha value is -0.0600. The van der Waals surface area contributed by atoms with Crippen LogP contribution >= 0.6 is 18.9 Å². The highest BCUT2D eigenvalue weighted by atomic mass is 31.0. The highest BCUT2D eigenvalue weighted by Crippen LogP contribution is 2.60. The second-order valence-corrected chi connectivity index (χ2v) is 8.75. The third kappa shape index (κ3) is 7.25. The molecule has 2 aliphatic rings. The van der Waals surface area contributed by atoms with Gasteiger partial charge in [-0.15, -0.1) is 0 Å². The molecule has 2 aliphatic carbocycles. The smallest absolute Gasteiger partial charge is 0.322 e. The molecule has 0 aromatic rings. The summed E-state index contributed by atoms with van der Waals surface area (Å²) in [6, 6.07) is 0. The maximum Gasteiger partial charge on any atom is 0.448 e. The molecule has 2 rings (SSSR count). The van der Waals surface area contributed by atoms with Crippen molar-refractivity contribution in [3.05, 3.63) is 0 Å². The van der Waals surface area contributed by atoms with Gasteiger partial charge in [0.1, 0.15) is 0 Å². The molecular weight excluding hydrogens is 538 g/mol. The summed E-state index contributed by atoms with van der Waals surface area (Å²) in [5, 5.41) is 0. The van der Waals surface area contributed by atoms with Gasteiger partial charge in [-0.25, -0.2) is 26.3 Å². The summed E-state index contributed by atoms with van der Waals surface area (Å²) < 4.78 is 156. The van der Waals surface area contributed by atoms with Gasteiger partial charge in [-0.3, -0.25) is 0 Å². The Morgan fingerprint density at radius 1 is 0.647 bits per heavy atom. The van der Waals surface area contributed by atoms with Crippen molar-refractivity contribution < 1.29 is 61.7 Å². The van der Waals surface area contributed by atoms with Gasteiger partial charge in [-0.1, -0.05) is 13.8 Å². The molecule has 16 heteroatoms. The van der Waals surface area contributed by atoms with E-state index < -0.39 is 67.5 Å². The molecule has 0 amide bonds. The van der Waals surface area contributed by atoms with Gasteiger partial charge in [0, 0.05) is 30.8 Å². The van der Waals surface area contributed by atoms with Crippen molar-refractivity contribution in [1.82, 2.24) is 0 Å². The molecule has 0 bridgehead atoms. The molecule has 0 aliphatic heterocycles. The zero-order valence-corrected chi connectivity index (χ0v) is 20.5. The lowest BCUT2D eigenvalue weighted by atomic mass is 9.75. The molecule has 0 radical (unpaired) electrons. The first-order chi connectivity index (χ1) is 15.5. The minimum absolute atomic E-state index is 0.0523. The fourth-order valence-electron chi connectivity index (χ4n) is 5.31. The molecule has 0 N–H and O–H groups in total. The maximum absolute atomic E-state index is 14.8. The molecular formula is C18H28F12O2P2. The Bertz CT molecular complexity index is 594. The molecule has 10 atom stereocenters. The van der Waals surface area contributed by atoms with Crippen LogP contribution < -0.4 is 0 Å². The molecule has 0 heterocycles. The number of hydrogen-bond donors (Lipinski definition) is 0. The predicted octanol–water partition coefficient (Wildman–Crippen LogP) is 8.15. The second kappa shape index (κ2) is 13.5. The third-order valence-corrected chi connectivity index (χ3v) is 7.27. The zero-order valence-electron chi connectivity index (χ0n) is 18.2. The van der Waals surface area contributed by atoms with Crippen LogP contribution in [-0.2, 0) is 9.05 Å². The van der Waals surface area contributed by atoms with E-state index in [1.54, 1.807) is 6.92 Å². The molecule has 34 heavy (non-hydrogen) atoms. The van der Waals surface area contributed by atoms with Crippen molar-refractivity contribution in [2.24, 2.45) is 35.5 Å². The van der Waals surface area contributed by atoms with Crippen molar-refractivity contribution in [1.29, 1.82) is 0 Å². The van der Waals surface area contributed by atoms with Crippen molar-refractivity contribution in [3.8, 4) is 0 Å². The Morgan fingerprint density at radius 2 is 1.03 bits per heavy atom. The SMILES string of the molecule is CC1CCC(C(F)(OP)C(F)(F)F)C1C1CC(C)C(C(F)(OP)C(F)(F)F)C1.FCF.FCF. The standard InChI is InChI=1S/C16H24F8O2P2.2CH2F2/c1-7-3-4-10(13(17,25-27)15(19,20)21)12(7)9-5-8(2)11(6-9)14(18,26-28)16(22,23)24;2*2-1-3/h7-12H,3-6,27-28H2,1-2H3;2*1H2. The third-order valence-electron chi connectivity index (χ3n) is 6.59. The van der Waals surface area contributed by atoms with E-state index in [0.717, 1.165) is 0 Å². The second-order valence-electron chi connectivity index (χ2n) is 8.28. The van der Waals surface area contributed by atoms with Crippen LogP contribution in [-0.4, -0.2) is 37.9 Å². The Balaban J connectivity index is 0.00000164. The summed E-state index contributed by atoms with van der Waals surface area (Å²) in [5.41, 5.74) is 0. The first-order valence-corrected chi connectivity index (χ1v) is 10.9. The number of rotatable bonds is 5. The summed E-state index contributed by atoms with van der Waals surface area (Å²) in [6.45, 7) is -0.456. The van der Waals surface area contributed by atoms with Gasteiger partial charge in [0.25, 0.3) is 0 Å². The van der Waals surface area contributed by atoms with E-state index in [-0.39, 0.29) is 31.6 Å². The van der Waals surface area contributed by atoms with E-state index in [1.807, 2.05) is 0 Å². The molecule has 206 valence electrons. The van der Waals surface area contributed by atoms with Crippen LogP contribution in [0, 0.1) is 35.5 Å². The van der Waals surface area contributed by atoms with Crippen LogP contribution in [0.5, 0.6) is 0 Å². The zero-order chi connectivity index (χ0) is 27.1. The van der Waals surface area contributed by atoms with Crippen LogP contribution in [0.1, 0.15) is 39.5 Å². The van der Waals surface area contributed by atoms with E-state index in [9.17, 15) is 52.7 Å². The van der Waals surface area contributed by atoms with Gasteiger partial charge in [-0.2, -0.15) is 26.3 Å². The average Bonchev–Trinajstić information content (AvgIpc) is 3.29. The predicted molar refractivity (Wildman–Crippen MR) is 106 cm³/mol. The number of halogens is 12. The highest BCUT2D eigenvalue weighted by Gasteiger charge is 2.68. The minimum Gasteiger partial charge on any atom is -0.322 e. The van der Waals surface area contributed by atoms with Gasteiger partial charge >= 0.3 is 24.1 Å². The molecule has 2 fully saturated rings. The molecule has 0 spiro atoms. The number of alkyl halides is 12.